The van der Waals surface area contributed by atoms with Crippen LogP contribution in [-0.4, -0.2) is 54.1 Å². The van der Waals surface area contributed by atoms with Crippen molar-refractivity contribution in [3.8, 4) is 0 Å². The van der Waals surface area contributed by atoms with E-state index in [0.717, 1.165) is 49.7 Å². The van der Waals surface area contributed by atoms with Gasteiger partial charge in [-0.3, -0.25) is 0 Å². The predicted molar refractivity (Wildman–Crippen MR) is 97.0 cm³/mol. The summed E-state index contributed by atoms with van der Waals surface area (Å²) in [7, 11) is 0. The van der Waals surface area contributed by atoms with E-state index in [1.165, 1.54) is 58.0 Å². The number of urea groups is 1. The van der Waals surface area contributed by atoms with Crippen molar-refractivity contribution in [1.82, 2.24) is 15.1 Å². The smallest absolute Gasteiger partial charge is 0.317 e. The maximum absolute atomic E-state index is 12.7. The number of carbonyl (C=O) groups is 1. The summed E-state index contributed by atoms with van der Waals surface area (Å²) in [5.74, 6) is 2.58. The molecule has 0 spiro atoms. The predicted octanol–water partition coefficient (Wildman–Crippen LogP) is 3.47. The Morgan fingerprint density at radius 3 is 2.33 bits per heavy atom. The number of nitrogens with one attached hydrogen (secondary N) is 1. The molecule has 4 rings (SSSR count). The van der Waals surface area contributed by atoms with Crippen molar-refractivity contribution in [2.45, 2.75) is 76.8 Å². The molecular weight excluding hydrogens is 298 g/mol. The van der Waals surface area contributed by atoms with Crippen LogP contribution in [0.2, 0.25) is 0 Å². The Hall–Kier alpha value is -0.770. The fourth-order valence-electron chi connectivity index (χ4n) is 6.02. The minimum absolute atomic E-state index is 0.197. The Bertz CT molecular complexity index is 440. The van der Waals surface area contributed by atoms with Gasteiger partial charge in [0.1, 0.15) is 0 Å². The van der Waals surface area contributed by atoms with Crippen LogP contribution in [0.15, 0.2) is 0 Å². The summed E-state index contributed by atoms with van der Waals surface area (Å²) >= 11 is 0. The van der Waals surface area contributed by atoms with Crippen molar-refractivity contribution in [2.75, 3.05) is 26.2 Å². The maximum Gasteiger partial charge on any atom is 0.317 e. The quantitative estimate of drug-likeness (QED) is 0.858. The molecular formula is C20H35N3O. The van der Waals surface area contributed by atoms with Gasteiger partial charge in [0.15, 0.2) is 0 Å². The zero-order chi connectivity index (χ0) is 16.5. The first kappa shape index (κ1) is 16.7. The summed E-state index contributed by atoms with van der Waals surface area (Å²) in [6, 6.07) is 1.27. The lowest BCUT2D eigenvalue weighted by molar-refractivity contribution is 0.0993. The van der Waals surface area contributed by atoms with Crippen molar-refractivity contribution in [3.63, 3.8) is 0 Å². The summed E-state index contributed by atoms with van der Waals surface area (Å²) < 4.78 is 0. The van der Waals surface area contributed by atoms with Gasteiger partial charge in [0.05, 0.1) is 0 Å². The third-order valence-electron chi connectivity index (χ3n) is 7.44. The number of hydrogen-bond acceptors (Lipinski definition) is 2. The van der Waals surface area contributed by atoms with Crippen LogP contribution in [0.25, 0.3) is 0 Å². The van der Waals surface area contributed by atoms with Crippen LogP contribution >= 0.6 is 0 Å². The number of fused-ring (bicyclic) bond motifs is 2. The highest BCUT2D eigenvalue weighted by molar-refractivity contribution is 5.74. The zero-order valence-electron chi connectivity index (χ0n) is 15.4. The molecule has 2 bridgehead atoms. The first-order chi connectivity index (χ1) is 11.7. The number of rotatable bonds is 3. The van der Waals surface area contributed by atoms with Gasteiger partial charge in [-0.25, -0.2) is 4.79 Å². The van der Waals surface area contributed by atoms with Crippen LogP contribution in [0.1, 0.15) is 64.7 Å². The first-order valence-electron chi connectivity index (χ1n) is 10.5. The van der Waals surface area contributed by atoms with Crippen LogP contribution in [0.4, 0.5) is 4.79 Å². The number of hydrogen-bond donors (Lipinski definition) is 1. The van der Waals surface area contributed by atoms with Crippen molar-refractivity contribution < 1.29 is 4.79 Å². The zero-order valence-corrected chi connectivity index (χ0v) is 15.4. The Kier molecular flexibility index (Phi) is 5.03. The van der Waals surface area contributed by atoms with Crippen molar-refractivity contribution >= 4 is 6.03 Å². The van der Waals surface area contributed by atoms with Crippen LogP contribution in [0, 0.1) is 17.8 Å². The highest BCUT2D eigenvalue weighted by Crippen LogP contribution is 2.49. The van der Waals surface area contributed by atoms with E-state index in [9.17, 15) is 4.79 Å². The van der Waals surface area contributed by atoms with Gasteiger partial charge < -0.3 is 15.1 Å². The van der Waals surface area contributed by atoms with E-state index in [1.54, 1.807) is 0 Å². The topological polar surface area (TPSA) is 35.6 Å². The molecule has 2 aliphatic carbocycles. The number of piperidine rings is 2. The molecule has 4 aliphatic rings. The van der Waals surface area contributed by atoms with Gasteiger partial charge in [-0.15, -0.1) is 0 Å². The second-order valence-electron chi connectivity index (χ2n) is 8.89. The number of likely N-dealkylation sites (tertiary alicyclic amines) is 2. The van der Waals surface area contributed by atoms with Crippen molar-refractivity contribution in [3.05, 3.63) is 0 Å². The highest BCUT2D eigenvalue weighted by Gasteiger charge is 2.42. The maximum atomic E-state index is 12.7. The summed E-state index contributed by atoms with van der Waals surface area (Å²) in [5, 5.41) is 3.34. The Morgan fingerprint density at radius 1 is 0.958 bits per heavy atom. The molecule has 0 aromatic carbocycles. The van der Waals surface area contributed by atoms with Crippen LogP contribution < -0.4 is 5.32 Å². The lowest BCUT2D eigenvalue weighted by Gasteiger charge is -2.40. The highest BCUT2D eigenvalue weighted by atomic mass is 16.2. The Labute approximate surface area is 147 Å². The van der Waals surface area contributed by atoms with Crippen molar-refractivity contribution in [2.24, 2.45) is 17.8 Å². The molecule has 4 nitrogen and oxygen atoms in total. The number of nitrogens with zero attached hydrogens (tertiary/aromatic N) is 2. The summed E-state index contributed by atoms with van der Waals surface area (Å²) in [6.45, 7) is 6.67. The first-order valence-corrected chi connectivity index (χ1v) is 10.5. The monoisotopic (exact) mass is 333 g/mol. The lowest BCUT2D eigenvalue weighted by atomic mass is 9.84. The molecule has 4 atom stereocenters. The molecule has 0 radical (unpaired) electrons. The minimum atomic E-state index is 0.197. The SMILES string of the molecule is C[C@@H](NC(=O)N1CCC(N2CCCCC2)CC1)[C@H]1C[C@H]2CC[C@H]1C2. The molecule has 1 N–H and O–H groups in total. The minimum Gasteiger partial charge on any atom is -0.335 e. The lowest BCUT2D eigenvalue weighted by Crippen LogP contribution is -2.52. The molecule has 24 heavy (non-hydrogen) atoms. The molecule has 2 aliphatic heterocycles. The van der Waals surface area contributed by atoms with E-state index >= 15 is 0 Å². The largest absolute Gasteiger partial charge is 0.335 e. The molecule has 4 fully saturated rings. The average Bonchev–Trinajstić information content (AvgIpc) is 3.26. The molecule has 2 saturated heterocycles. The fraction of sp³-hybridized carbons (Fsp3) is 0.950. The van der Waals surface area contributed by atoms with Gasteiger partial charge in [-0.1, -0.05) is 12.8 Å². The third-order valence-corrected chi connectivity index (χ3v) is 7.44. The van der Waals surface area contributed by atoms with Gasteiger partial charge in [0.25, 0.3) is 0 Å². The summed E-state index contributed by atoms with van der Waals surface area (Å²) in [6.07, 6.45) is 12.1. The van der Waals surface area contributed by atoms with Gasteiger partial charge in [-0.2, -0.15) is 0 Å². The molecule has 136 valence electrons. The molecule has 0 aromatic rings. The Balaban J connectivity index is 1.22. The third kappa shape index (κ3) is 3.44. The number of carbonyl (C=O) groups excluding carboxylic acids is 1. The molecule has 0 unspecified atom stereocenters. The molecule has 2 amide bonds. The summed E-state index contributed by atoms with van der Waals surface area (Å²) in [4.78, 5) is 17.4. The van der Waals surface area contributed by atoms with E-state index < -0.39 is 0 Å². The average molecular weight is 334 g/mol. The van der Waals surface area contributed by atoms with Gasteiger partial charge in [0.2, 0.25) is 0 Å². The van der Waals surface area contributed by atoms with E-state index in [2.05, 4.69) is 22.0 Å². The van der Waals surface area contributed by atoms with E-state index in [1.807, 2.05) is 0 Å². The fourth-order valence-corrected chi connectivity index (χ4v) is 6.02. The van der Waals surface area contributed by atoms with E-state index in [4.69, 9.17) is 0 Å². The van der Waals surface area contributed by atoms with Gasteiger partial charge in [-0.05, 0) is 82.7 Å². The normalized spacial score (nSPS) is 36.0. The van der Waals surface area contributed by atoms with Crippen LogP contribution in [-0.2, 0) is 0 Å². The van der Waals surface area contributed by atoms with Gasteiger partial charge >= 0.3 is 6.03 Å². The van der Waals surface area contributed by atoms with Crippen LogP contribution in [0.5, 0.6) is 0 Å². The molecule has 4 heteroatoms. The van der Waals surface area contributed by atoms with E-state index in [-0.39, 0.29) is 6.03 Å². The second kappa shape index (κ2) is 7.23. The molecule has 2 saturated carbocycles. The van der Waals surface area contributed by atoms with Gasteiger partial charge in [0, 0.05) is 25.2 Å². The number of amides is 2. The van der Waals surface area contributed by atoms with E-state index in [0.29, 0.717) is 6.04 Å². The summed E-state index contributed by atoms with van der Waals surface area (Å²) in [5.41, 5.74) is 0. The standard InChI is InChI=1S/C20H35N3O/c1-15(19-14-16-5-6-17(19)13-16)21-20(24)23-11-7-18(8-12-23)22-9-3-2-4-10-22/h15-19H,2-14H2,1H3,(H,21,24)/t15-,16+,17+,19-/m1/s1. The molecule has 2 heterocycles. The Morgan fingerprint density at radius 2 is 1.71 bits per heavy atom. The van der Waals surface area contributed by atoms with Crippen molar-refractivity contribution in [1.29, 1.82) is 0 Å². The van der Waals surface area contributed by atoms with Crippen LogP contribution in [0.3, 0.4) is 0 Å². The second-order valence-corrected chi connectivity index (χ2v) is 8.89. The molecule has 0 aromatic heterocycles.